The third-order valence-corrected chi connectivity index (χ3v) is 1.97. The van der Waals surface area contributed by atoms with Crippen molar-refractivity contribution in [3.63, 3.8) is 0 Å². The number of unbranched alkanes of at least 4 members (excludes halogenated alkanes) is 3. The average Bonchev–Trinajstić information content (AvgIpc) is 2.18. The second kappa shape index (κ2) is 8.03. The molecule has 0 aliphatic carbocycles. The lowest BCUT2D eigenvalue weighted by Gasteiger charge is -2.04. The number of allylic oxidation sites excluding steroid dienone is 1. The Morgan fingerprint density at radius 3 is 2.40 bits per heavy atom. The number of hydrogen-bond donors (Lipinski definition) is 1. The van der Waals surface area contributed by atoms with E-state index in [9.17, 15) is 9.59 Å². The Bertz CT molecular complexity index is 243. The summed E-state index contributed by atoms with van der Waals surface area (Å²) in [5.74, 6) is -1.99. The van der Waals surface area contributed by atoms with Gasteiger partial charge < -0.3 is 9.84 Å². The van der Waals surface area contributed by atoms with Gasteiger partial charge in [-0.2, -0.15) is 0 Å². The highest BCUT2D eigenvalue weighted by atomic mass is 16.5. The second-order valence-electron chi connectivity index (χ2n) is 3.20. The van der Waals surface area contributed by atoms with Crippen molar-refractivity contribution in [1.82, 2.24) is 0 Å². The third kappa shape index (κ3) is 5.88. The lowest BCUT2D eigenvalue weighted by molar-refractivity contribution is -0.144. The number of aliphatic carboxylic acids is 1. The summed E-state index contributed by atoms with van der Waals surface area (Å²) < 4.78 is 4.81. The number of rotatable bonds is 7. The summed E-state index contributed by atoms with van der Waals surface area (Å²) in [6.07, 6.45) is 5.26. The molecule has 0 aromatic heterocycles. The van der Waals surface area contributed by atoms with Gasteiger partial charge in [-0.05, 0) is 13.3 Å². The predicted molar refractivity (Wildman–Crippen MR) is 56.5 cm³/mol. The molecule has 0 saturated heterocycles. The molecule has 0 spiro atoms. The number of carbonyl (C=O) groups is 2. The molecule has 15 heavy (non-hydrogen) atoms. The van der Waals surface area contributed by atoms with Crippen LogP contribution in [0.15, 0.2) is 11.6 Å². The van der Waals surface area contributed by atoms with Gasteiger partial charge in [0.25, 0.3) is 0 Å². The fourth-order valence-corrected chi connectivity index (χ4v) is 1.10. The monoisotopic (exact) mass is 214 g/mol. The smallest absolute Gasteiger partial charge is 0.345 e. The van der Waals surface area contributed by atoms with Crippen LogP contribution in [0.3, 0.4) is 0 Å². The van der Waals surface area contributed by atoms with Gasteiger partial charge in [-0.3, -0.25) is 0 Å². The number of carboxylic acid groups (broad SMARTS) is 1. The molecular formula is C11H18O4. The van der Waals surface area contributed by atoms with E-state index in [0.717, 1.165) is 25.7 Å². The van der Waals surface area contributed by atoms with Crippen molar-refractivity contribution in [2.24, 2.45) is 0 Å². The van der Waals surface area contributed by atoms with Crippen LogP contribution < -0.4 is 0 Å². The van der Waals surface area contributed by atoms with Gasteiger partial charge in [0.05, 0.1) is 6.61 Å². The topological polar surface area (TPSA) is 63.6 Å². The molecular weight excluding hydrogens is 196 g/mol. The zero-order chi connectivity index (χ0) is 11.7. The van der Waals surface area contributed by atoms with E-state index in [1.54, 1.807) is 0 Å². The Kier molecular flexibility index (Phi) is 7.32. The summed E-state index contributed by atoms with van der Waals surface area (Å²) >= 11 is 0. The van der Waals surface area contributed by atoms with Crippen molar-refractivity contribution < 1.29 is 19.4 Å². The molecule has 0 aliphatic heterocycles. The zero-order valence-corrected chi connectivity index (χ0v) is 9.28. The molecule has 0 bridgehead atoms. The summed E-state index contributed by atoms with van der Waals surface area (Å²) in [6.45, 7) is 3.89. The van der Waals surface area contributed by atoms with Crippen LogP contribution in [-0.2, 0) is 14.3 Å². The fraction of sp³-hybridized carbons (Fsp3) is 0.636. The molecule has 0 heterocycles. The Morgan fingerprint density at radius 1 is 1.27 bits per heavy atom. The van der Waals surface area contributed by atoms with Crippen LogP contribution in [0.4, 0.5) is 0 Å². The number of hydrogen-bond acceptors (Lipinski definition) is 3. The van der Waals surface area contributed by atoms with Gasteiger partial charge in [-0.15, -0.1) is 0 Å². The molecule has 0 rings (SSSR count). The van der Waals surface area contributed by atoms with Crippen LogP contribution in [0.1, 0.15) is 39.5 Å². The minimum Gasteiger partial charge on any atom is -0.477 e. The Labute approximate surface area is 89.9 Å². The first-order valence-electron chi connectivity index (χ1n) is 5.20. The molecule has 0 aromatic rings. The molecule has 0 aromatic carbocycles. The van der Waals surface area contributed by atoms with Crippen LogP contribution in [0.25, 0.3) is 0 Å². The van der Waals surface area contributed by atoms with Crippen molar-refractivity contribution in [3.8, 4) is 0 Å². The quantitative estimate of drug-likeness (QED) is 0.232. The Hall–Kier alpha value is -1.32. The molecule has 0 fully saturated rings. The van der Waals surface area contributed by atoms with E-state index in [-0.39, 0.29) is 5.57 Å². The molecule has 0 saturated carbocycles. The molecule has 0 aliphatic rings. The molecule has 0 unspecified atom stereocenters. The molecule has 86 valence electrons. The lowest BCUT2D eigenvalue weighted by atomic mass is 10.2. The maximum absolute atomic E-state index is 11.2. The second-order valence-corrected chi connectivity index (χ2v) is 3.20. The first-order chi connectivity index (χ1) is 7.13. The number of ether oxygens (including phenoxy) is 1. The Morgan fingerprint density at radius 2 is 1.93 bits per heavy atom. The fourth-order valence-electron chi connectivity index (χ4n) is 1.10. The minimum atomic E-state index is -1.24. The summed E-state index contributed by atoms with van der Waals surface area (Å²) in [4.78, 5) is 21.7. The van der Waals surface area contributed by atoms with E-state index >= 15 is 0 Å². The third-order valence-electron chi connectivity index (χ3n) is 1.97. The number of carboxylic acids is 1. The molecule has 4 nitrogen and oxygen atoms in total. The standard InChI is InChI=1S/C11H18O4/c1-3-5-6-7-8-15-11(14)9(4-2)10(12)13/h4H,3,5-8H2,1-2H3,(H,12,13). The summed E-state index contributed by atoms with van der Waals surface area (Å²) in [5, 5.41) is 8.62. The highest BCUT2D eigenvalue weighted by Crippen LogP contribution is 2.02. The van der Waals surface area contributed by atoms with Crippen molar-refractivity contribution >= 4 is 11.9 Å². The van der Waals surface area contributed by atoms with Crippen LogP contribution >= 0.6 is 0 Å². The van der Waals surface area contributed by atoms with Gasteiger partial charge in [0.15, 0.2) is 0 Å². The van der Waals surface area contributed by atoms with E-state index in [2.05, 4.69) is 6.92 Å². The van der Waals surface area contributed by atoms with Gasteiger partial charge in [0, 0.05) is 0 Å². The average molecular weight is 214 g/mol. The van der Waals surface area contributed by atoms with E-state index < -0.39 is 11.9 Å². The zero-order valence-electron chi connectivity index (χ0n) is 9.28. The molecule has 0 atom stereocenters. The number of carbonyl (C=O) groups excluding carboxylic acids is 1. The molecule has 0 radical (unpaired) electrons. The van der Waals surface area contributed by atoms with E-state index in [4.69, 9.17) is 9.84 Å². The maximum Gasteiger partial charge on any atom is 0.345 e. The minimum absolute atomic E-state index is 0.295. The van der Waals surface area contributed by atoms with Crippen LogP contribution in [-0.4, -0.2) is 23.7 Å². The van der Waals surface area contributed by atoms with Crippen LogP contribution in [0.2, 0.25) is 0 Å². The van der Waals surface area contributed by atoms with Crippen molar-refractivity contribution in [1.29, 1.82) is 0 Å². The van der Waals surface area contributed by atoms with Gasteiger partial charge in [-0.1, -0.05) is 32.3 Å². The highest BCUT2D eigenvalue weighted by Gasteiger charge is 2.16. The van der Waals surface area contributed by atoms with Crippen molar-refractivity contribution in [3.05, 3.63) is 11.6 Å². The predicted octanol–water partition coefficient (Wildman–Crippen LogP) is 2.14. The molecule has 0 amide bonds. The van der Waals surface area contributed by atoms with Crippen LogP contribution in [0.5, 0.6) is 0 Å². The van der Waals surface area contributed by atoms with Gasteiger partial charge in [0.2, 0.25) is 0 Å². The largest absolute Gasteiger partial charge is 0.477 e. The normalized spacial score (nSPS) is 11.2. The summed E-state index contributed by atoms with van der Waals surface area (Å²) in [5.41, 5.74) is -0.300. The molecule has 4 heteroatoms. The van der Waals surface area contributed by atoms with E-state index in [0.29, 0.717) is 6.61 Å². The van der Waals surface area contributed by atoms with Gasteiger partial charge in [-0.25, -0.2) is 9.59 Å². The van der Waals surface area contributed by atoms with E-state index in [1.165, 1.54) is 13.0 Å². The van der Waals surface area contributed by atoms with Crippen LogP contribution in [0, 0.1) is 0 Å². The van der Waals surface area contributed by atoms with Crippen molar-refractivity contribution in [2.45, 2.75) is 39.5 Å². The summed E-state index contributed by atoms with van der Waals surface area (Å²) in [7, 11) is 0. The first-order valence-corrected chi connectivity index (χ1v) is 5.20. The van der Waals surface area contributed by atoms with Crippen molar-refractivity contribution in [2.75, 3.05) is 6.61 Å². The number of esters is 1. The highest BCUT2D eigenvalue weighted by molar-refractivity contribution is 6.13. The first kappa shape index (κ1) is 13.7. The SMILES string of the molecule is CC=C(C(=O)O)C(=O)OCCCCCC. The lowest BCUT2D eigenvalue weighted by Crippen LogP contribution is -2.15. The maximum atomic E-state index is 11.2. The van der Waals surface area contributed by atoms with Gasteiger partial charge in [0.1, 0.15) is 5.57 Å². The Balaban J connectivity index is 3.78. The molecule has 1 N–H and O–H groups in total. The van der Waals surface area contributed by atoms with Gasteiger partial charge >= 0.3 is 11.9 Å². The van der Waals surface area contributed by atoms with E-state index in [1.807, 2.05) is 0 Å². The summed E-state index contributed by atoms with van der Waals surface area (Å²) in [6, 6.07) is 0.